The van der Waals surface area contributed by atoms with Crippen molar-refractivity contribution in [1.82, 2.24) is 0 Å². The van der Waals surface area contributed by atoms with E-state index in [0.29, 0.717) is 0 Å². The second-order valence-corrected chi connectivity index (χ2v) is 6.65. The van der Waals surface area contributed by atoms with Crippen molar-refractivity contribution in [2.24, 2.45) is 5.73 Å². The summed E-state index contributed by atoms with van der Waals surface area (Å²) in [6.07, 6.45) is 4.42. The number of halogens is 1. The predicted octanol–water partition coefficient (Wildman–Crippen LogP) is 4.00. The zero-order valence-electron chi connectivity index (χ0n) is 12.2. The summed E-state index contributed by atoms with van der Waals surface area (Å²) in [5, 5.41) is 0.812. The molecule has 1 saturated heterocycles. The highest BCUT2D eigenvalue weighted by Crippen LogP contribution is 2.37. The minimum Gasteiger partial charge on any atom is -0.366 e. The molecular weight excluding hydrogens is 256 g/mol. The third-order valence-corrected chi connectivity index (χ3v) is 4.48. The van der Waals surface area contributed by atoms with E-state index in [4.69, 9.17) is 17.3 Å². The molecule has 0 bridgehead atoms. The van der Waals surface area contributed by atoms with Crippen molar-refractivity contribution in [1.29, 1.82) is 0 Å². The van der Waals surface area contributed by atoms with E-state index in [1.54, 1.807) is 0 Å². The van der Waals surface area contributed by atoms with Gasteiger partial charge in [-0.1, -0.05) is 24.6 Å². The van der Waals surface area contributed by atoms with Crippen molar-refractivity contribution in [2.75, 3.05) is 11.4 Å². The average molecular weight is 281 g/mol. The summed E-state index contributed by atoms with van der Waals surface area (Å²) in [6, 6.07) is 6.45. The molecule has 3 heteroatoms. The third-order valence-electron chi connectivity index (χ3n) is 4.25. The van der Waals surface area contributed by atoms with Gasteiger partial charge < -0.3 is 10.6 Å². The van der Waals surface area contributed by atoms with Gasteiger partial charge in [0, 0.05) is 28.8 Å². The molecule has 1 atom stereocenters. The molecule has 1 aliphatic heterocycles. The molecule has 0 saturated carbocycles. The molecule has 0 aliphatic carbocycles. The van der Waals surface area contributed by atoms with Crippen LogP contribution in [0.25, 0.3) is 0 Å². The maximum absolute atomic E-state index is 6.20. The van der Waals surface area contributed by atoms with Gasteiger partial charge in [-0.2, -0.15) is 0 Å². The van der Waals surface area contributed by atoms with Crippen LogP contribution in [0.15, 0.2) is 18.2 Å². The molecule has 1 aromatic rings. The van der Waals surface area contributed by atoms with Gasteiger partial charge >= 0.3 is 0 Å². The summed E-state index contributed by atoms with van der Waals surface area (Å²) in [6.45, 7) is 7.87. The van der Waals surface area contributed by atoms with Crippen LogP contribution in [0.5, 0.6) is 0 Å². The fraction of sp³-hybridized carbons (Fsp3) is 0.625. The van der Waals surface area contributed by atoms with E-state index in [2.05, 4.69) is 37.8 Å². The van der Waals surface area contributed by atoms with Crippen LogP contribution in [-0.2, 0) is 6.42 Å². The van der Waals surface area contributed by atoms with Crippen LogP contribution >= 0.6 is 11.6 Å². The van der Waals surface area contributed by atoms with Crippen molar-refractivity contribution in [3.63, 3.8) is 0 Å². The molecule has 2 nitrogen and oxygen atoms in total. The van der Waals surface area contributed by atoms with Crippen molar-refractivity contribution < 1.29 is 0 Å². The molecular formula is C16H25ClN2. The van der Waals surface area contributed by atoms with E-state index >= 15 is 0 Å². The number of nitrogens with zero attached hydrogens (tertiary/aromatic N) is 1. The van der Waals surface area contributed by atoms with Crippen LogP contribution < -0.4 is 10.6 Å². The highest BCUT2D eigenvalue weighted by Gasteiger charge is 2.33. The second kappa shape index (κ2) is 5.72. The first-order valence-corrected chi connectivity index (χ1v) is 7.63. The Morgan fingerprint density at radius 3 is 2.74 bits per heavy atom. The predicted molar refractivity (Wildman–Crippen MR) is 84.1 cm³/mol. The maximum Gasteiger partial charge on any atom is 0.0426 e. The number of hydrogen-bond donors (Lipinski definition) is 1. The quantitative estimate of drug-likeness (QED) is 0.903. The monoisotopic (exact) mass is 280 g/mol. The molecule has 1 aliphatic rings. The van der Waals surface area contributed by atoms with Crippen LogP contribution in [0.4, 0.5) is 5.69 Å². The molecule has 2 rings (SSSR count). The molecule has 1 unspecified atom stereocenters. The SMILES string of the molecule is CCC(N)Cc1ccc(Cl)cc1N1CCCC1(C)C. The first kappa shape index (κ1) is 14.7. The van der Waals surface area contributed by atoms with E-state index in [9.17, 15) is 0 Å². The molecule has 0 amide bonds. The Balaban J connectivity index is 2.34. The number of rotatable bonds is 4. The molecule has 2 N–H and O–H groups in total. The first-order valence-electron chi connectivity index (χ1n) is 7.25. The van der Waals surface area contributed by atoms with Gasteiger partial charge in [-0.3, -0.25) is 0 Å². The van der Waals surface area contributed by atoms with Crippen LogP contribution in [0.3, 0.4) is 0 Å². The Morgan fingerprint density at radius 1 is 1.42 bits per heavy atom. The molecule has 1 heterocycles. The normalized spacial score (nSPS) is 19.7. The molecule has 19 heavy (non-hydrogen) atoms. The fourth-order valence-corrected chi connectivity index (χ4v) is 3.11. The van der Waals surface area contributed by atoms with Crippen LogP contribution in [0.2, 0.25) is 5.02 Å². The van der Waals surface area contributed by atoms with Crippen molar-refractivity contribution >= 4 is 17.3 Å². The molecule has 106 valence electrons. The summed E-state index contributed by atoms with van der Waals surface area (Å²) in [7, 11) is 0. The van der Waals surface area contributed by atoms with E-state index in [-0.39, 0.29) is 11.6 Å². The smallest absolute Gasteiger partial charge is 0.0426 e. The molecule has 1 aromatic carbocycles. The Bertz CT molecular complexity index is 442. The lowest BCUT2D eigenvalue weighted by Gasteiger charge is -2.35. The lowest BCUT2D eigenvalue weighted by atomic mass is 9.98. The summed E-state index contributed by atoms with van der Waals surface area (Å²) in [5.41, 5.74) is 8.95. The Kier molecular flexibility index (Phi) is 4.42. The van der Waals surface area contributed by atoms with E-state index in [1.807, 2.05) is 6.07 Å². The Hall–Kier alpha value is -0.730. The van der Waals surface area contributed by atoms with Gasteiger partial charge in [0.1, 0.15) is 0 Å². The van der Waals surface area contributed by atoms with Crippen molar-refractivity contribution in [3.8, 4) is 0 Å². The second-order valence-electron chi connectivity index (χ2n) is 6.21. The zero-order valence-corrected chi connectivity index (χ0v) is 13.0. The third kappa shape index (κ3) is 3.24. The topological polar surface area (TPSA) is 29.3 Å². The number of nitrogens with two attached hydrogens (primary N) is 1. The van der Waals surface area contributed by atoms with Crippen LogP contribution in [0.1, 0.15) is 45.6 Å². The van der Waals surface area contributed by atoms with Gasteiger partial charge in [-0.15, -0.1) is 0 Å². The molecule has 0 radical (unpaired) electrons. The minimum atomic E-state index is 0.218. The van der Waals surface area contributed by atoms with E-state index in [0.717, 1.165) is 24.4 Å². The average Bonchev–Trinajstić information content (AvgIpc) is 2.71. The summed E-state index contributed by atoms with van der Waals surface area (Å²) in [5.74, 6) is 0. The van der Waals surface area contributed by atoms with Gasteiger partial charge in [0.25, 0.3) is 0 Å². The van der Waals surface area contributed by atoms with Crippen molar-refractivity contribution in [2.45, 2.75) is 58.0 Å². The van der Waals surface area contributed by atoms with Gasteiger partial charge in [0.05, 0.1) is 0 Å². The van der Waals surface area contributed by atoms with E-state index < -0.39 is 0 Å². The largest absolute Gasteiger partial charge is 0.366 e. The fourth-order valence-electron chi connectivity index (χ4n) is 2.94. The number of benzene rings is 1. The minimum absolute atomic E-state index is 0.218. The highest BCUT2D eigenvalue weighted by atomic mass is 35.5. The molecule has 0 aromatic heterocycles. The lowest BCUT2D eigenvalue weighted by molar-refractivity contribution is 0.515. The zero-order chi connectivity index (χ0) is 14.0. The van der Waals surface area contributed by atoms with Gasteiger partial charge in [0.15, 0.2) is 0 Å². The van der Waals surface area contributed by atoms with Crippen LogP contribution in [-0.4, -0.2) is 18.1 Å². The number of anilines is 1. The summed E-state index contributed by atoms with van der Waals surface area (Å²) >= 11 is 6.20. The summed E-state index contributed by atoms with van der Waals surface area (Å²) < 4.78 is 0. The highest BCUT2D eigenvalue weighted by molar-refractivity contribution is 6.30. The number of hydrogen-bond acceptors (Lipinski definition) is 2. The summed E-state index contributed by atoms with van der Waals surface area (Å²) in [4.78, 5) is 2.50. The van der Waals surface area contributed by atoms with Crippen LogP contribution in [0, 0.1) is 0 Å². The van der Waals surface area contributed by atoms with E-state index in [1.165, 1.54) is 24.1 Å². The van der Waals surface area contributed by atoms with Gasteiger partial charge in [0.2, 0.25) is 0 Å². The molecule has 1 fully saturated rings. The Labute approximate surface area is 121 Å². The van der Waals surface area contributed by atoms with Gasteiger partial charge in [-0.05, 0) is 57.2 Å². The first-order chi connectivity index (χ1) is 8.94. The van der Waals surface area contributed by atoms with Gasteiger partial charge in [-0.25, -0.2) is 0 Å². The maximum atomic E-state index is 6.20. The Morgan fingerprint density at radius 2 is 2.16 bits per heavy atom. The lowest BCUT2D eigenvalue weighted by Crippen LogP contribution is -2.39. The molecule has 0 spiro atoms. The standard InChI is InChI=1S/C16H25ClN2/c1-4-14(18)10-12-6-7-13(17)11-15(12)19-9-5-8-16(19,2)3/h6-7,11,14H,4-5,8-10,18H2,1-3H3. The van der Waals surface area contributed by atoms with Crippen molar-refractivity contribution in [3.05, 3.63) is 28.8 Å².